The molecule has 2 heterocycles. The largest absolute Gasteiger partial charge is 0.193 e. The van der Waals surface area contributed by atoms with E-state index in [4.69, 9.17) is 0 Å². The molecule has 0 nitrogen and oxygen atoms in total. The van der Waals surface area contributed by atoms with Crippen molar-refractivity contribution < 1.29 is 0 Å². The molecule has 47 heavy (non-hydrogen) atoms. The maximum atomic E-state index is 2.38. The van der Waals surface area contributed by atoms with Crippen LogP contribution in [0.4, 0.5) is 0 Å². The van der Waals surface area contributed by atoms with Crippen LogP contribution in [0.25, 0.3) is 11.1 Å². The number of benzene rings is 2. The van der Waals surface area contributed by atoms with Crippen LogP contribution in [0.3, 0.4) is 0 Å². The third-order valence-electron chi connectivity index (χ3n) is 10.4. The van der Waals surface area contributed by atoms with E-state index in [2.05, 4.69) is 187 Å². The van der Waals surface area contributed by atoms with E-state index in [1.54, 1.807) is 0 Å². The third kappa shape index (κ3) is 5.59. The van der Waals surface area contributed by atoms with Gasteiger partial charge in [0.1, 0.15) is 0 Å². The fourth-order valence-electron chi connectivity index (χ4n) is 7.33. The van der Waals surface area contributed by atoms with Crippen LogP contribution in [0.15, 0.2) is 185 Å². The molecular formula is C45H42B2. The van der Waals surface area contributed by atoms with E-state index in [1.165, 1.54) is 60.9 Å². The summed E-state index contributed by atoms with van der Waals surface area (Å²) in [6.07, 6.45) is 42.5. The van der Waals surface area contributed by atoms with E-state index in [-0.39, 0.29) is 16.2 Å². The maximum absolute atomic E-state index is 2.38. The highest BCUT2D eigenvalue weighted by molar-refractivity contribution is 6.73. The highest BCUT2D eigenvalue weighted by Crippen LogP contribution is 2.43. The Bertz CT molecular complexity index is 2010. The molecule has 0 aromatic heterocycles. The number of fused-ring (bicyclic) bond motifs is 4. The summed E-state index contributed by atoms with van der Waals surface area (Å²) in [5.41, 5.74) is 13.8. The number of allylic oxidation sites excluding steroid dienone is 24. The second kappa shape index (κ2) is 12.2. The van der Waals surface area contributed by atoms with Gasteiger partial charge in [0, 0.05) is 16.2 Å². The normalized spacial score (nSPS) is 27.6. The number of hydrogen-bond donors (Lipinski definition) is 0. The van der Waals surface area contributed by atoms with Crippen molar-refractivity contribution >= 4 is 25.5 Å². The van der Waals surface area contributed by atoms with Crippen LogP contribution in [0.5, 0.6) is 0 Å². The summed E-state index contributed by atoms with van der Waals surface area (Å²) in [5, 5.41) is 0. The monoisotopic (exact) mass is 604 g/mol. The molecule has 0 amide bonds. The molecule has 2 radical (unpaired) electrons. The minimum Gasteiger partial charge on any atom is -0.0807 e. The summed E-state index contributed by atoms with van der Waals surface area (Å²) in [4.78, 5) is 0. The molecule has 0 spiro atoms. The van der Waals surface area contributed by atoms with Crippen LogP contribution in [-0.2, 0) is 5.41 Å². The molecular weight excluding hydrogens is 562 g/mol. The Kier molecular flexibility index (Phi) is 8.09. The zero-order valence-electron chi connectivity index (χ0n) is 28.3. The Morgan fingerprint density at radius 1 is 0.532 bits per heavy atom. The standard InChI is InChI=1S/C43H36B2.C2H6/c1-41(30-11-6-4-5-7-12-30)23-10-13-31(18-24-41)42(2)25-19-35-36-20-26-43(3,28-22-39(36)44-38(35)21-27-42)32-16-17-34-33-14-8-9-15-37(33)45-40(34)29-32;1-2/h4,6-29H,5H2,1-3H3;1-2H3. The molecule has 228 valence electrons. The van der Waals surface area contributed by atoms with Gasteiger partial charge in [0.2, 0.25) is 0 Å². The molecule has 0 saturated heterocycles. The van der Waals surface area contributed by atoms with Crippen LogP contribution in [0, 0.1) is 10.8 Å². The average Bonchev–Trinajstić information content (AvgIpc) is 3.26. The average molecular weight is 604 g/mol. The molecule has 0 N–H and O–H groups in total. The summed E-state index contributed by atoms with van der Waals surface area (Å²) in [7, 11) is 4.67. The zero-order valence-corrected chi connectivity index (χ0v) is 28.3. The van der Waals surface area contributed by atoms with Gasteiger partial charge in [-0.25, -0.2) is 0 Å². The lowest BCUT2D eigenvalue weighted by Crippen LogP contribution is -2.24. The van der Waals surface area contributed by atoms with Crippen LogP contribution >= 0.6 is 0 Å². The van der Waals surface area contributed by atoms with E-state index in [0.717, 1.165) is 6.42 Å². The highest BCUT2D eigenvalue weighted by atomic mass is 14.3. The minimum absolute atomic E-state index is 0.142. The summed E-state index contributed by atoms with van der Waals surface area (Å²) in [6, 6.07) is 15.7. The van der Waals surface area contributed by atoms with Gasteiger partial charge >= 0.3 is 0 Å². The number of rotatable bonds is 3. The molecule has 2 aliphatic heterocycles. The molecule has 0 bridgehead atoms. The Morgan fingerprint density at radius 2 is 1.15 bits per heavy atom. The molecule has 2 aromatic rings. The van der Waals surface area contributed by atoms with E-state index in [1.807, 2.05) is 13.8 Å². The fourth-order valence-corrected chi connectivity index (χ4v) is 7.33. The van der Waals surface area contributed by atoms with Gasteiger partial charge in [-0.1, -0.05) is 188 Å². The van der Waals surface area contributed by atoms with E-state index >= 15 is 0 Å². The first-order chi connectivity index (χ1) is 22.8. The van der Waals surface area contributed by atoms with Crippen LogP contribution in [0.1, 0.15) is 46.6 Å². The minimum atomic E-state index is -0.212. The molecule has 6 aliphatic rings. The van der Waals surface area contributed by atoms with Crippen molar-refractivity contribution in [2.24, 2.45) is 10.8 Å². The summed E-state index contributed by atoms with van der Waals surface area (Å²) >= 11 is 0. The Labute approximate surface area is 283 Å². The van der Waals surface area contributed by atoms with Crippen molar-refractivity contribution in [3.8, 4) is 11.1 Å². The van der Waals surface area contributed by atoms with Crippen molar-refractivity contribution in [1.29, 1.82) is 0 Å². The van der Waals surface area contributed by atoms with Gasteiger partial charge < -0.3 is 0 Å². The molecule has 2 heteroatoms. The predicted molar refractivity (Wildman–Crippen MR) is 206 cm³/mol. The first-order valence-electron chi connectivity index (χ1n) is 17.2. The smallest absolute Gasteiger partial charge is 0.0807 e. The zero-order chi connectivity index (χ0) is 32.6. The van der Waals surface area contributed by atoms with Gasteiger partial charge in [-0.2, -0.15) is 0 Å². The molecule has 3 atom stereocenters. The Hall–Kier alpha value is -4.55. The van der Waals surface area contributed by atoms with Gasteiger partial charge in [-0.3, -0.25) is 0 Å². The van der Waals surface area contributed by atoms with Crippen molar-refractivity contribution in [3.63, 3.8) is 0 Å². The Balaban J connectivity index is 0.00000172. The second-order valence-corrected chi connectivity index (χ2v) is 13.6. The van der Waals surface area contributed by atoms with E-state index in [9.17, 15) is 0 Å². The Morgan fingerprint density at radius 3 is 1.96 bits per heavy atom. The fraction of sp³-hybridized carbons (Fsp3) is 0.200. The lowest BCUT2D eigenvalue weighted by molar-refractivity contribution is 0.666. The van der Waals surface area contributed by atoms with Gasteiger partial charge in [-0.15, -0.1) is 0 Å². The summed E-state index contributed by atoms with van der Waals surface area (Å²) in [6.45, 7) is 10.9. The molecule has 4 aliphatic carbocycles. The van der Waals surface area contributed by atoms with Gasteiger partial charge in [-0.05, 0) is 66.2 Å². The van der Waals surface area contributed by atoms with Crippen molar-refractivity contribution in [2.45, 2.75) is 46.5 Å². The molecule has 0 fully saturated rings. The molecule has 8 rings (SSSR count). The van der Waals surface area contributed by atoms with Crippen molar-refractivity contribution in [3.05, 3.63) is 191 Å². The van der Waals surface area contributed by atoms with Gasteiger partial charge in [0.25, 0.3) is 0 Å². The molecule has 2 aromatic carbocycles. The van der Waals surface area contributed by atoms with E-state index in [0.29, 0.717) is 0 Å². The van der Waals surface area contributed by atoms with Crippen LogP contribution < -0.4 is 10.9 Å². The highest BCUT2D eigenvalue weighted by Gasteiger charge is 2.32. The maximum Gasteiger partial charge on any atom is 0.193 e. The SMILES string of the molecule is CC.CC1(C2=CC=CCC=C2)C=CC=C(C2(C)C=CC3=C(C=C2)C2=C([B]3)C=CC(C)(c3ccc4c(c3)[B]c3ccccc3-4)C=C2)C=C1. The topological polar surface area (TPSA) is 0 Å². The van der Waals surface area contributed by atoms with Crippen LogP contribution in [-0.4, -0.2) is 14.6 Å². The lowest BCUT2D eigenvalue weighted by atomic mass is 9.64. The summed E-state index contributed by atoms with van der Waals surface area (Å²) in [5.74, 6) is 0. The van der Waals surface area contributed by atoms with Gasteiger partial charge in [0.05, 0.1) is 0 Å². The number of hydrogen-bond acceptors (Lipinski definition) is 0. The first-order valence-corrected chi connectivity index (χ1v) is 17.2. The van der Waals surface area contributed by atoms with E-state index < -0.39 is 0 Å². The quantitative estimate of drug-likeness (QED) is 0.261. The molecule has 0 saturated carbocycles. The third-order valence-corrected chi connectivity index (χ3v) is 10.4. The lowest BCUT2D eigenvalue weighted by Gasteiger charge is -2.25. The summed E-state index contributed by atoms with van der Waals surface area (Å²) < 4.78 is 0. The predicted octanol–water partition coefficient (Wildman–Crippen LogP) is 9.59. The second-order valence-electron chi connectivity index (χ2n) is 13.6. The molecule has 3 unspecified atom stereocenters. The first kappa shape index (κ1) is 31.1. The van der Waals surface area contributed by atoms with Gasteiger partial charge in [0.15, 0.2) is 14.6 Å². The van der Waals surface area contributed by atoms with Crippen molar-refractivity contribution in [1.82, 2.24) is 0 Å². The van der Waals surface area contributed by atoms with Crippen molar-refractivity contribution in [2.75, 3.05) is 0 Å². The van der Waals surface area contributed by atoms with Crippen LogP contribution in [0.2, 0.25) is 0 Å².